The molecule has 1 heterocycles. The molecule has 1 fully saturated rings. The lowest BCUT2D eigenvalue weighted by Crippen LogP contribution is -2.42. The van der Waals surface area contributed by atoms with Gasteiger partial charge in [-0.1, -0.05) is 25.4 Å². The summed E-state index contributed by atoms with van der Waals surface area (Å²) >= 11 is 7.82. The minimum atomic E-state index is 0.179. The van der Waals surface area contributed by atoms with Crippen molar-refractivity contribution in [1.82, 2.24) is 4.90 Å². The Labute approximate surface area is 118 Å². The van der Waals surface area contributed by atoms with Crippen molar-refractivity contribution >= 4 is 29.1 Å². The lowest BCUT2D eigenvalue weighted by atomic mass is 10.1. The molecule has 0 saturated carbocycles. The van der Waals surface area contributed by atoms with Crippen molar-refractivity contribution in [3.8, 4) is 0 Å². The third-order valence-corrected chi connectivity index (χ3v) is 4.51. The van der Waals surface area contributed by atoms with Gasteiger partial charge in [0.15, 0.2) is 5.78 Å². The number of benzene rings is 1. The molecule has 1 aliphatic rings. The quantitative estimate of drug-likeness (QED) is 0.794. The number of hydrogen-bond donors (Lipinski definition) is 0. The maximum absolute atomic E-state index is 12.1. The van der Waals surface area contributed by atoms with Crippen LogP contribution >= 0.6 is 23.4 Å². The van der Waals surface area contributed by atoms with Crippen LogP contribution in [0.5, 0.6) is 0 Å². The highest BCUT2D eigenvalue weighted by atomic mass is 35.5. The van der Waals surface area contributed by atoms with Crippen molar-refractivity contribution < 1.29 is 4.79 Å². The van der Waals surface area contributed by atoms with E-state index in [4.69, 9.17) is 11.6 Å². The second-order valence-electron chi connectivity index (χ2n) is 4.88. The average Bonchev–Trinajstić information content (AvgIpc) is 2.28. The molecule has 0 spiro atoms. The van der Waals surface area contributed by atoms with E-state index in [0.29, 0.717) is 22.1 Å². The summed E-state index contributed by atoms with van der Waals surface area (Å²) in [5.74, 6) is 0.179. The van der Waals surface area contributed by atoms with E-state index in [1.807, 2.05) is 11.8 Å². The van der Waals surface area contributed by atoms with Crippen molar-refractivity contribution in [2.45, 2.75) is 24.3 Å². The van der Waals surface area contributed by atoms with Gasteiger partial charge in [0.2, 0.25) is 0 Å². The van der Waals surface area contributed by atoms with Crippen molar-refractivity contribution in [2.24, 2.45) is 0 Å². The van der Waals surface area contributed by atoms with E-state index < -0.39 is 0 Å². The fourth-order valence-corrected chi connectivity index (χ4v) is 3.86. The smallest absolute Gasteiger partial charge is 0.176 e. The Morgan fingerprint density at radius 3 is 2.39 bits per heavy atom. The minimum Gasteiger partial charge on any atom is -0.294 e. The highest BCUT2D eigenvalue weighted by molar-refractivity contribution is 8.00. The van der Waals surface area contributed by atoms with Crippen LogP contribution in [0.2, 0.25) is 5.02 Å². The number of ketones is 1. The van der Waals surface area contributed by atoms with E-state index in [-0.39, 0.29) is 5.78 Å². The number of carbonyl (C=O) groups excluding carboxylic acids is 1. The van der Waals surface area contributed by atoms with Crippen molar-refractivity contribution in [3.63, 3.8) is 0 Å². The van der Waals surface area contributed by atoms with Gasteiger partial charge in [-0.05, 0) is 24.3 Å². The topological polar surface area (TPSA) is 20.3 Å². The fourth-order valence-electron chi connectivity index (χ4n) is 2.34. The predicted octanol–water partition coefficient (Wildman–Crippen LogP) is 3.35. The summed E-state index contributed by atoms with van der Waals surface area (Å²) in [5, 5.41) is 1.88. The Morgan fingerprint density at radius 2 is 1.83 bits per heavy atom. The Kier molecular flexibility index (Phi) is 4.71. The second kappa shape index (κ2) is 6.09. The number of hydrogen-bond acceptors (Lipinski definition) is 3. The summed E-state index contributed by atoms with van der Waals surface area (Å²) in [6.45, 7) is 6.94. The molecule has 98 valence electrons. The highest BCUT2D eigenvalue weighted by Gasteiger charge is 2.23. The minimum absolute atomic E-state index is 0.179. The predicted molar refractivity (Wildman–Crippen MR) is 78.7 cm³/mol. The molecule has 1 aromatic carbocycles. The van der Waals surface area contributed by atoms with Crippen LogP contribution in [0.1, 0.15) is 24.2 Å². The molecule has 1 saturated heterocycles. The van der Waals surface area contributed by atoms with Crippen LogP contribution in [-0.2, 0) is 0 Å². The fraction of sp³-hybridized carbons (Fsp3) is 0.500. The van der Waals surface area contributed by atoms with Crippen molar-refractivity contribution in [3.05, 3.63) is 34.9 Å². The van der Waals surface area contributed by atoms with Crippen LogP contribution < -0.4 is 0 Å². The Balaban J connectivity index is 1.96. The summed E-state index contributed by atoms with van der Waals surface area (Å²) in [6, 6.07) is 7.14. The number of nitrogens with zero attached hydrogens (tertiary/aromatic N) is 1. The first-order chi connectivity index (χ1) is 8.54. The SMILES string of the molecule is CC1CN(CC(=O)c2ccc(Cl)cc2)CC(C)S1. The molecule has 2 atom stereocenters. The monoisotopic (exact) mass is 283 g/mol. The molecule has 1 aliphatic heterocycles. The zero-order chi connectivity index (χ0) is 13.1. The summed E-state index contributed by atoms with van der Waals surface area (Å²) in [5.41, 5.74) is 0.748. The van der Waals surface area contributed by atoms with Gasteiger partial charge in [0.05, 0.1) is 6.54 Å². The zero-order valence-electron chi connectivity index (χ0n) is 10.7. The van der Waals surface area contributed by atoms with Crippen LogP contribution in [0.15, 0.2) is 24.3 Å². The lowest BCUT2D eigenvalue weighted by Gasteiger charge is -2.34. The summed E-state index contributed by atoms with van der Waals surface area (Å²) in [7, 11) is 0. The molecule has 18 heavy (non-hydrogen) atoms. The summed E-state index contributed by atoms with van der Waals surface area (Å²) in [6.07, 6.45) is 0. The Bertz CT molecular complexity index is 410. The van der Waals surface area contributed by atoms with E-state index in [2.05, 4.69) is 18.7 Å². The number of rotatable bonds is 3. The first kappa shape index (κ1) is 13.9. The first-order valence-electron chi connectivity index (χ1n) is 6.21. The normalized spacial score (nSPS) is 25.1. The third kappa shape index (κ3) is 3.74. The highest BCUT2D eigenvalue weighted by Crippen LogP contribution is 2.24. The lowest BCUT2D eigenvalue weighted by molar-refractivity contribution is 0.0930. The molecule has 0 bridgehead atoms. The van der Waals surface area contributed by atoms with Gasteiger partial charge in [0.1, 0.15) is 0 Å². The molecule has 0 N–H and O–H groups in total. The molecule has 0 aliphatic carbocycles. The van der Waals surface area contributed by atoms with E-state index >= 15 is 0 Å². The standard InChI is InChI=1S/C14H18ClNOS/c1-10-7-16(8-11(2)18-10)9-14(17)12-3-5-13(15)6-4-12/h3-6,10-11H,7-9H2,1-2H3. The number of carbonyl (C=O) groups is 1. The molecule has 2 unspecified atom stereocenters. The number of thioether (sulfide) groups is 1. The summed E-state index contributed by atoms with van der Waals surface area (Å²) < 4.78 is 0. The molecule has 2 nitrogen and oxygen atoms in total. The molecule has 2 rings (SSSR count). The summed E-state index contributed by atoms with van der Waals surface area (Å²) in [4.78, 5) is 14.4. The van der Waals surface area contributed by atoms with E-state index in [9.17, 15) is 4.79 Å². The van der Waals surface area contributed by atoms with Gasteiger partial charge < -0.3 is 0 Å². The van der Waals surface area contributed by atoms with Crippen LogP contribution in [0.3, 0.4) is 0 Å². The Morgan fingerprint density at radius 1 is 1.28 bits per heavy atom. The Hall–Kier alpha value is -0.510. The van der Waals surface area contributed by atoms with Gasteiger partial charge in [-0.2, -0.15) is 11.8 Å². The third-order valence-electron chi connectivity index (χ3n) is 3.03. The van der Waals surface area contributed by atoms with Gasteiger partial charge in [-0.25, -0.2) is 0 Å². The van der Waals surface area contributed by atoms with Gasteiger partial charge >= 0.3 is 0 Å². The van der Waals surface area contributed by atoms with Gasteiger partial charge in [-0.15, -0.1) is 0 Å². The zero-order valence-corrected chi connectivity index (χ0v) is 12.3. The molecule has 1 aromatic rings. The van der Waals surface area contributed by atoms with Crippen molar-refractivity contribution in [2.75, 3.05) is 19.6 Å². The van der Waals surface area contributed by atoms with Crippen LogP contribution in [0.4, 0.5) is 0 Å². The molecule has 4 heteroatoms. The van der Waals surface area contributed by atoms with Crippen LogP contribution in [0, 0.1) is 0 Å². The maximum Gasteiger partial charge on any atom is 0.176 e. The van der Waals surface area contributed by atoms with Crippen LogP contribution in [-0.4, -0.2) is 40.8 Å². The van der Waals surface area contributed by atoms with Crippen LogP contribution in [0.25, 0.3) is 0 Å². The van der Waals surface area contributed by atoms with E-state index in [1.54, 1.807) is 24.3 Å². The number of halogens is 1. The second-order valence-corrected chi connectivity index (χ2v) is 7.20. The molecular formula is C14H18ClNOS. The largest absolute Gasteiger partial charge is 0.294 e. The van der Waals surface area contributed by atoms with Gasteiger partial charge in [-0.3, -0.25) is 9.69 Å². The molecule has 0 radical (unpaired) electrons. The average molecular weight is 284 g/mol. The molecule has 0 aromatic heterocycles. The van der Waals surface area contributed by atoms with Gasteiger partial charge in [0.25, 0.3) is 0 Å². The molecular weight excluding hydrogens is 266 g/mol. The maximum atomic E-state index is 12.1. The van der Waals surface area contributed by atoms with E-state index in [1.165, 1.54) is 0 Å². The number of Topliss-reactive ketones (excluding diaryl/α,β-unsaturated/α-hetero) is 1. The molecule has 0 amide bonds. The van der Waals surface area contributed by atoms with Crippen molar-refractivity contribution in [1.29, 1.82) is 0 Å². The van der Waals surface area contributed by atoms with Gasteiger partial charge in [0, 0.05) is 34.2 Å². The van der Waals surface area contributed by atoms with E-state index in [0.717, 1.165) is 18.7 Å². The first-order valence-corrected chi connectivity index (χ1v) is 7.53.